The molecule has 0 spiro atoms. The molecule has 0 fully saturated rings. The summed E-state index contributed by atoms with van der Waals surface area (Å²) in [6.07, 6.45) is 6.46. The summed E-state index contributed by atoms with van der Waals surface area (Å²) >= 11 is 5.68. The first-order chi connectivity index (χ1) is 15.9. The molecule has 2 heterocycles. The Hall–Kier alpha value is -2.94. The summed E-state index contributed by atoms with van der Waals surface area (Å²) in [6, 6.07) is 13.3. The highest BCUT2D eigenvalue weighted by Gasteiger charge is 2.31. The van der Waals surface area contributed by atoms with E-state index in [1.807, 2.05) is 55.5 Å². The van der Waals surface area contributed by atoms with Crippen LogP contribution >= 0.6 is 12.2 Å². The third-order valence-electron chi connectivity index (χ3n) is 5.72. The summed E-state index contributed by atoms with van der Waals surface area (Å²) in [7, 11) is -3.95. The maximum absolute atomic E-state index is 13.5. The van der Waals surface area contributed by atoms with Gasteiger partial charge in [0.05, 0.1) is 18.1 Å². The van der Waals surface area contributed by atoms with Gasteiger partial charge in [-0.25, -0.2) is 8.42 Å². The summed E-state index contributed by atoms with van der Waals surface area (Å²) in [6.45, 7) is 2.99. The van der Waals surface area contributed by atoms with Crippen LogP contribution in [0.5, 0.6) is 11.5 Å². The summed E-state index contributed by atoms with van der Waals surface area (Å²) < 4.78 is 47.2. The average Bonchev–Trinajstić information content (AvgIpc) is 3.10. The van der Waals surface area contributed by atoms with E-state index >= 15 is 0 Å². The molecule has 2 aromatic carbocycles. The van der Waals surface area contributed by atoms with Crippen molar-refractivity contribution in [1.82, 2.24) is 4.72 Å². The standard InChI is InChI=1S/C25H23NO5S2/c1-16-6-4-8-19(25(16)32)24(23-14-17-7-2-3-9-20(17)31-23)26-33(27,28)18-10-11-21-22(15-18)30-13-5-12-29-21/h2-4,6-11,14-16,24,26H,5,12-13H2,1H3/t16-,24?/m1/s1. The van der Waals surface area contributed by atoms with Crippen LogP contribution in [0.4, 0.5) is 0 Å². The van der Waals surface area contributed by atoms with Gasteiger partial charge in [0.25, 0.3) is 0 Å². The summed E-state index contributed by atoms with van der Waals surface area (Å²) in [5.41, 5.74) is 1.37. The molecule has 0 saturated carbocycles. The van der Waals surface area contributed by atoms with Gasteiger partial charge >= 0.3 is 0 Å². The minimum atomic E-state index is -3.95. The number of furan rings is 1. The zero-order chi connectivity index (χ0) is 23.0. The number of hydrogen-bond acceptors (Lipinski definition) is 6. The van der Waals surface area contributed by atoms with Crippen LogP contribution in [0, 0.1) is 5.92 Å². The van der Waals surface area contributed by atoms with E-state index in [1.165, 1.54) is 12.1 Å². The monoisotopic (exact) mass is 481 g/mol. The molecule has 3 aromatic rings. The molecule has 0 amide bonds. The zero-order valence-corrected chi connectivity index (χ0v) is 19.6. The lowest BCUT2D eigenvalue weighted by molar-refractivity contribution is 0.297. The Bertz CT molecular complexity index is 1350. The minimum Gasteiger partial charge on any atom is -0.490 e. The molecule has 170 valence electrons. The fraction of sp³-hybridized carbons (Fsp3) is 0.240. The first-order valence-electron chi connectivity index (χ1n) is 10.8. The van der Waals surface area contributed by atoms with Crippen molar-refractivity contribution in [3.05, 3.63) is 78.1 Å². The van der Waals surface area contributed by atoms with Gasteiger partial charge in [-0.05, 0) is 29.8 Å². The summed E-state index contributed by atoms with van der Waals surface area (Å²) in [5, 5.41) is 0.887. The molecule has 33 heavy (non-hydrogen) atoms. The number of sulfonamides is 1. The van der Waals surface area contributed by atoms with Gasteiger partial charge in [0.1, 0.15) is 17.4 Å². The van der Waals surface area contributed by atoms with Gasteiger partial charge < -0.3 is 13.9 Å². The lowest BCUT2D eigenvalue weighted by Gasteiger charge is -2.24. The molecule has 1 unspecified atom stereocenters. The quantitative estimate of drug-likeness (QED) is 0.510. The van der Waals surface area contributed by atoms with Crippen molar-refractivity contribution in [2.24, 2.45) is 5.92 Å². The van der Waals surface area contributed by atoms with E-state index in [1.54, 1.807) is 6.07 Å². The second kappa shape index (κ2) is 8.78. The fourth-order valence-corrected chi connectivity index (χ4v) is 5.41. The first kappa shape index (κ1) is 21.9. The molecule has 2 aliphatic rings. The number of benzene rings is 2. The van der Waals surface area contributed by atoms with Gasteiger partial charge in [-0.2, -0.15) is 4.72 Å². The number of hydrogen-bond donors (Lipinski definition) is 1. The Labute approximate surface area is 197 Å². The minimum absolute atomic E-state index is 0.00873. The number of thiocarbonyl (C=S) groups is 1. The summed E-state index contributed by atoms with van der Waals surface area (Å²) in [4.78, 5) is 0.753. The van der Waals surface area contributed by atoms with Gasteiger partial charge in [-0.1, -0.05) is 55.6 Å². The Morgan fingerprint density at radius 1 is 1.06 bits per heavy atom. The van der Waals surface area contributed by atoms with Gasteiger partial charge in [0, 0.05) is 28.7 Å². The molecule has 1 aromatic heterocycles. The second-order valence-corrected chi connectivity index (χ2v) is 10.2. The molecule has 2 atom stereocenters. The Balaban J connectivity index is 1.55. The normalized spacial score (nSPS) is 19.2. The predicted octanol–water partition coefficient (Wildman–Crippen LogP) is 5.12. The van der Waals surface area contributed by atoms with Crippen molar-refractivity contribution < 1.29 is 22.3 Å². The van der Waals surface area contributed by atoms with Crippen molar-refractivity contribution in [2.45, 2.75) is 24.3 Å². The topological polar surface area (TPSA) is 77.8 Å². The third kappa shape index (κ3) is 4.34. The highest BCUT2D eigenvalue weighted by molar-refractivity contribution is 7.89. The van der Waals surface area contributed by atoms with Crippen LogP contribution in [-0.4, -0.2) is 26.5 Å². The number of rotatable bonds is 5. The fourth-order valence-electron chi connectivity index (χ4n) is 3.95. The maximum Gasteiger partial charge on any atom is 0.241 e. The molecule has 1 N–H and O–H groups in total. The molecule has 1 aliphatic carbocycles. The van der Waals surface area contributed by atoms with Crippen molar-refractivity contribution in [3.8, 4) is 11.5 Å². The molecular weight excluding hydrogens is 458 g/mol. The van der Waals surface area contributed by atoms with Crippen LogP contribution in [0.25, 0.3) is 11.0 Å². The van der Waals surface area contributed by atoms with E-state index in [2.05, 4.69) is 4.72 Å². The van der Waals surface area contributed by atoms with E-state index in [0.29, 0.717) is 46.5 Å². The molecule has 0 radical (unpaired) electrons. The van der Waals surface area contributed by atoms with Crippen LogP contribution < -0.4 is 14.2 Å². The first-order valence-corrected chi connectivity index (χ1v) is 12.6. The average molecular weight is 482 g/mol. The lowest BCUT2D eigenvalue weighted by atomic mass is 9.90. The Kier molecular flexibility index (Phi) is 5.82. The highest BCUT2D eigenvalue weighted by Crippen LogP contribution is 2.35. The predicted molar refractivity (Wildman–Crippen MR) is 130 cm³/mol. The number of ether oxygens (including phenoxy) is 2. The second-order valence-electron chi connectivity index (χ2n) is 8.06. The molecule has 1 aliphatic heterocycles. The molecule has 0 bridgehead atoms. The van der Waals surface area contributed by atoms with Crippen molar-refractivity contribution >= 4 is 38.1 Å². The summed E-state index contributed by atoms with van der Waals surface area (Å²) in [5.74, 6) is 1.44. The molecule has 8 heteroatoms. The molecular formula is C25H23NO5S2. The van der Waals surface area contributed by atoms with E-state index in [4.69, 9.17) is 26.1 Å². The number of allylic oxidation sites excluding steroid dienone is 3. The maximum atomic E-state index is 13.5. The largest absolute Gasteiger partial charge is 0.490 e. The van der Waals surface area contributed by atoms with Gasteiger partial charge in [0.15, 0.2) is 11.5 Å². The number of fused-ring (bicyclic) bond motifs is 2. The van der Waals surface area contributed by atoms with Crippen LogP contribution in [0.1, 0.15) is 25.1 Å². The number of nitrogens with one attached hydrogen (secondary N) is 1. The smallest absolute Gasteiger partial charge is 0.241 e. The van der Waals surface area contributed by atoms with E-state index in [9.17, 15) is 8.42 Å². The van der Waals surface area contributed by atoms with Crippen LogP contribution in [0.2, 0.25) is 0 Å². The molecule has 5 rings (SSSR count). The van der Waals surface area contributed by atoms with Crippen LogP contribution in [-0.2, 0) is 10.0 Å². The number of para-hydroxylation sites is 1. The Morgan fingerprint density at radius 2 is 1.85 bits per heavy atom. The van der Waals surface area contributed by atoms with Gasteiger partial charge in [-0.3, -0.25) is 0 Å². The highest BCUT2D eigenvalue weighted by atomic mass is 32.2. The van der Waals surface area contributed by atoms with Crippen molar-refractivity contribution in [3.63, 3.8) is 0 Å². The molecule has 6 nitrogen and oxygen atoms in total. The SMILES string of the molecule is C[C@@H]1C=CC=C(C(NS(=O)(=O)c2ccc3c(c2)OCCCO3)c2cc3ccccc3o2)C1=S. The van der Waals surface area contributed by atoms with Gasteiger partial charge in [0.2, 0.25) is 10.0 Å². The zero-order valence-electron chi connectivity index (χ0n) is 18.0. The Morgan fingerprint density at radius 3 is 2.67 bits per heavy atom. The lowest BCUT2D eigenvalue weighted by Crippen LogP contribution is -2.33. The molecule has 0 saturated heterocycles. The third-order valence-corrected chi connectivity index (χ3v) is 7.74. The van der Waals surface area contributed by atoms with Gasteiger partial charge in [-0.15, -0.1) is 0 Å². The van der Waals surface area contributed by atoms with E-state index in [0.717, 1.165) is 11.8 Å². The van der Waals surface area contributed by atoms with Crippen molar-refractivity contribution in [2.75, 3.05) is 13.2 Å². The van der Waals surface area contributed by atoms with Crippen LogP contribution in [0.15, 0.2) is 81.6 Å². The van der Waals surface area contributed by atoms with E-state index < -0.39 is 16.1 Å². The van der Waals surface area contributed by atoms with E-state index in [-0.39, 0.29) is 10.8 Å². The van der Waals surface area contributed by atoms with Crippen LogP contribution in [0.3, 0.4) is 0 Å². The van der Waals surface area contributed by atoms with Crippen molar-refractivity contribution in [1.29, 1.82) is 0 Å².